The van der Waals surface area contributed by atoms with E-state index in [0.717, 1.165) is 22.6 Å². The van der Waals surface area contributed by atoms with Crippen LogP contribution >= 0.6 is 0 Å². The molecule has 134 valence electrons. The van der Waals surface area contributed by atoms with Crippen molar-refractivity contribution in [2.24, 2.45) is 0 Å². The highest BCUT2D eigenvalue weighted by atomic mass is 16.5. The molecule has 2 N–H and O–H groups in total. The monoisotopic (exact) mass is 343 g/mol. The van der Waals surface area contributed by atoms with E-state index in [1.807, 2.05) is 19.1 Å². The highest BCUT2D eigenvalue weighted by Gasteiger charge is 2.25. The van der Waals surface area contributed by atoms with E-state index in [4.69, 9.17) is 4.74 Å². The zero-order valence-corrected chi connectivity index (χ0v) is 15.2. The van der Waals surface area contributed by atoms with Gasteiger partial charge >= 0.3 is 0 Å². The van der Waals surface area contributed by atoms with Gasteiger partial charge in [0.25, 0.3) is 11.5 Å². The lowest BCUT2D eigenvalue weighted by Gasteiger charge is -2.27. The van der Waals surface area contributed by atoms with Gasteiger partial charge in [-0.15, -0.1) is 0 Å². The van der Waals surface area contributed by atoms with Crippen LogP contribution in [0.4, 0.5) is 0 Å². The number of nitrogens with one attached hydrogen (secondary N) is 2. The van der Waals surface area contributed by atoms with Gasteiger partial charge in [0, 0.05) is 12.1 Å². The quantitative estimate of drug-likeness (QED) is 0.897. The lowest BCUT2D eigenvalue weighted by atomic mass is 9.85. The molecule has 0 fully saturated rings. The van der Waals surface area contributed by atoms with Gasteiger partial charge in [0.05, 0.1) is 12.2 Å². The molecule has 1 aliphatic heterocycles. The molecular formula is C19H25N3O3. The maximum atomic E-state index is 12.5. The lowest BCUT2D eigenvalue weighted by molar-refractivity contribution is -0.134. The smallest absolute Gasteiger partial charge is 0.267 e. The fourth-order valence-electron chi connectivity index (χ4n) is 3.14. The van der Waals surface area contributed by atoms with Gasteiger partial charge in [-0.2, -0.15) is 0 Å². The number of ether oxygens (including phenoxy) is 1. The fraction of sp³-hybridized carbons (Fsp3) is 0.474. The van der Waals surface area contributed by atoms with Crippen LogP contribution in [0.5, 0.6) is 5.75 Å². The Labute approximate surface area is 147 Å². The number of aromatic amines is 2. The summed E-state index contributed by atoms with van der Waals surface area (Å²) >= 11 is 0. The number of H-pyrrole nitrogens is 2. The van der Waals surface area contributed by atoms with Crippen molar-refractivity contribution in [3.8, 4) is 5.75 Å². The minimum Gasteiger partial charge on any atom is -0.483 e. The Morgan fingerprint density at radius 2 is 2.04 bits per heavy atom. The maximum Gasteiger partial charge on any atom is 0.267 e. The van der Waals surface area contributed by atoms with Crippen LogP contribution in [0.25, 0.3) is 0 Å². The van der Waals surface area contributed by atoms with Crippen molar-refractivity contribution in [3.05, 3.63) is 50.9 Å². The van der Waals surface area contributed by atoms with Gasteiger partial charge in [-0.05, 0) is 30.4 Å². The molecule has 2 aromatic rings. The van der Waals surface area contributed by atoms with Gasteiger partial charge in [0.1, 0.15) is 5.75 Å². The van der Waals surface area contributed by atoms with Crippen molar-refractivity contribution < 1.29 is 9.53 Å². The number of carbonyl (C=O) groups is 1. The Morgan fingerprint density at radius 3 is 2.76 bits per heavy atom. The molecule has 1 aromatic carbocycles. The summed E-state index contributed by atoms with van der Waals surface area (Å²) in [6.07, 6.45) is 0.567. The van der Waals surface area contributed by atoms with Crippen LogP contribution in [-0.4, -0.2) is 34.2 Å². The first kappa shape index (κ1) is 17.3. The zero-order chi connectivity index (χ0) is 18.2. The second-order valence-electron chi connectivity index (χ2n) is 7.64. The number of rotatable bonds is 3. The molecule has 0 atom stereocenters. The number of nitrogens with zero attached hydrogens (tertiary/aromatic N) is 1. The van der Waals surface area contributed by atoms with Gasteiger partial charge in [0.2, 0.25) is 0 Å². The summed E-state index contributed by atoms with van der Waals surface area (Å²) in [5.74, 6) is 0.673. The molecule has 1 amide bonds. The molecule has 1 aliphatic rings. The van der Waals surface area contributed by atoms with Crippen molar-refractivity contribution in [2.75, 3.05) is 13.2 Å². The summed E-state index contributed by atoms with van der Waals surface area (Å²) in [4.78, 5) is 25.8. The van der Waals surface area contributed by atoms with Gasteiger partial charge in [0.15, 0.2) is 6.61 Å². The van der Waals surface area contributed by atoms with Gasteiger partial charge < -0.3 is 14.7 Å². The molecule has 0 bridgehead atoms. The number of amides is 1. The van der Waals surface area contributed by atoms with Crippen LogP contribution in [0, 0.1) is 6.92 Å². The van der Waals surface area contributed by atoms with Gasteiger partial charge in [-0.1, -0.05) is 38.5 Å². The minimum absolute atomic E-state index is 0.00384. The average molecular weight is 343 g/mol. The van der Waals surface area contributed by atoms with Gasteiger partial charge in [-0.25, -0.2) is 0 Å². The molecule has 0 saturated heterocycles. The molecule has 0 radical (unpaired) electrons. The number of aryl methyl sites for hydroxylation is 1. The molecule has 0 aliphatic carbocycles. The topological polar surface area (TPSA) is 78.2 Å². The molecule has 25 heavy (non-hydrogen) atoms. The Bertz CT molecular complexity index is 842. The van der Waals surface area contributed by atoms with Crippen LogP contribution in [0.3, 0.4) is 0 Å². The summed E-state index contributed by atoms with van der Waals surface area (Å²) in [6.45, 7) is 9.39. The number of hydrogen-bond donors (Lipinski definition) is 2. The lowest BCUT2D eigenvalue weighted by Crippen LogP contribution is -2.39. The molecular weight excluding hydrogens is 318 g/mol. The molecule has 0 saturated carbocycles. The van der Waals surface area contributed by atoms with Crippen LogP contribution in [0.15, 0.2) is 23.0 Å². The van der Waals surface area contributed by atoms with Crippen molar-refractivity contribution in [1.29, 1.82) is 0 Å². The van der Waals surface area contributed by atoms with E-state index in [-0.39, 0.29) is 23.5 Å². The normalized spacial score (nSPS) is 14.3. The number of fused-ring (bicyclic) bond motifs is 1. The van der Waals surface area contributed by atoms with E-state index < -0.39 is 0 Å². The Morgan fingerprint density at radius 1 is 1.28 bits per heavy atom. The van der Waals surface area contributed by atoms with E-state index in [1.54, 1.807) is 4.90 Å². The molecule has 1 aromatic heterocycles. The van der Waals surface area contributed by atoms with Crippen LogP contribution < -0.4 is 10.3 Å². The molecule has 0 unspecified atom stereocenters. The summed E-state index contributed by atoms with van der Waals surface area (Å²) in [7, 11) is 0. The molecule has 6 nitrogen and oxygen atoms in total. The van der Waals surface area contributed by atoms with E-state index in [0.29, 0.717) is 19.5 Å². The number of hydrogen-bond acceptors (Lipinski definition) is 3. The number of aromatic nitrogens is 2. The van der Waals surface area contributed by atoms with Crippen LogP contribution in [-0.2, 0) is 23.2 Å². The SMILES string of the molecule is Cc1ccc(OCC(=O)N2CCc3c([nH][nH]c3=O)C2)c(C(C)(C)C)c1. The fourth-order valence-corrected chi connectivity index (χ4v) is 3.14. The Kier molecular flexibility index (Phi) is 4.45. The summed E-state index contributed by atoms with van der Waals surface area (Å²) in [6, 6.07) is 6.03. The van der Waals surface area contributed by atoms with Crippen LogP contribution in [0.1, 0.15) is 43.2 Å². The third-order valence-electron chi connectivity index (χ3n) is 4.59. The molecule has 6 heteroatoms. The van der Waals surface area contributed by atoms with Gasteiger partial charge in [-0.3, -0.25) is 14.7 Å². The molecule has 0 spiro atoms. The van der Waals surface area contributed by atoms with E-state index in [1.165, 1.54) is 5.56 Å². The first-order chi connectivity index (χ1) is 11.8. The second kappa shape index (κ2) is 6.43. The Hall–Kier alpha value is -2.50. The molecule has 2 heterocycles. The Balaban J connectivity index is 1.68. The minimum atomic E-state index is -0.0900. The standard InChI is InChI=1S/C19H25N3O3/c1-12-5-6-16(14(9-12)19(2,3)4)25-11-17(23)22-8-7-13-15(10-22)20-21-18(13)24/h5-6,9H,7-8,10-11H2,1-4H3,(H2,20,21,24). The van der Waals surface area contributed by atoms with Crippen molar-refractivity contribution in [1.82, 2.24) is 15.1 Å². The van der Waals surface area contributed by atoms with E-state index in [2.05, 4.69) is 37.0 Å². The summed E-state index contributed by atoms with van der Waals surface area (Å²) in [5, 5.41) is 5.42. The summed E-state index contributed by atoms with van der Waals surface area (Å²) < 4.78 is 5.86. The highest BCUT2D eigenvalue weighted by molar-refractivity contribution is 5.78. The predicted molar refractivity (Wildman–Crippen MR) is 95.9 cm³/mol. The number of benzene rings is 1. The maximum absolute atomic E-state index is 12.5. The van der Waals surface area contributed by atoms with E-state index in [9.17, 15) is 9.59 Å². The first-order valence-corrected chi connectivity index (χ1v) is 8.56. The molecule has 3 rings (SSSR count). The third-order valence-corrected chi connectivity index (χ3v) is 4.59. The number of carbonyl (C=O) groups excluding carboxylic acids is 1. The first-order valence-electron chi connectivity index (χ1n) is 8.56. The highest BCUT2D eigenvalue weighted by Crippen LogP contribution is 2.32. The van der Waals surface area contributed by atoms with Crippen LogP contribution in [0.2, 0.25) is 0 Å². The summed E-state index contributed by atoms with van der Waals surface area (Å²) in [5.41, 5.74) is 3.65. The second-order valence-corrected chi connectivity index (χ2v) is 7.64. The van der Waals surface area contributed by atoms with Crippen molar-refractivity contribution in [3.63, 3.8) is 0 Å². The zero-order valence-electron chi connectivity index (χ0n) is 15.2. The predicted octanol–water partition coefficient (Wildman–Crippen LogP) is 2.27. The van der Waals surface area contributed by atoms with Crippen molar-refractivity contribution in [2.45, 2.75) is 46.1 Å². The largest absolute Gasteiger partial charge is 0.483 e. The van der Waals surface area contributed by atoms with E-state index >= 15 is 0 Å². The third kappa shape index (κ3) is 3.62. The van der Waals surface area contributed by atoms with Crippen molar-refractivity contribution >= 4 is 5.91 Å². The average Bonchev–Trinajstić information content (AvgIpc) is 2.93.